The maximum atomic E-state index is 12.1. The molecular weight excluding hydrogens is 236 g/mol. The second-order valence-electron chi connectivity index (χ2n) is 5.60. The van der Waals surface area contributed by atoms with Crippen molar-refractivity contribution in [1.29, 1.82) is 0 Å². The van der Waals surface area contributed by atoms with Gasteiger partial charge in [-0.15, -0.1) is 0 Å². The summed E-state index contributed by atoms with van der Waals surface area (Å²) in [5.41, 5.74) is 8.38. The van der Waals surface area contributed by atoms with Crippen LogP contribution in [0.1, 0.15) is 38.3 Å². The van der Waals surface area contributed by atoms with E-state index in [-0.39, 0.29) is 11.9 Å². The molecule has 1 amide bonds. The average Bonchev–Trinajstić information content (AvgIpc) is 2.37. The van der Waals surface area contributed by atoms with Gasteiger partial charge >= 0.3 is 0 Å². The first-order valence-corrected chi connectivity index (χ1v) is 7.02. The quantitative estimate of drug-likeness (QED) is 0.856. The lowest BCUT2D eigenvalue weighted by Gasteiger charge is -2.22. The van der Waals surface area contributed by atoms with Crippen molar-refractivity contribution >= 4 is 5.91 Å². The number of carbonyl (C=O) groups excluding carboxylic acids is 1. The van der Waals surface area contributed by atoms with Crippen molar-refractivity contribution in [2.45, 2.75) is 46.2 Å². The minimum absolute atomic E-state index is 0.0215. The summed E-state index contributed by atoms with van der Waals surface area (Å²) in [5.74, 6) is 0.462. The largest absolute Gasteiger partial charge is 0.340 e. The van der Waals surface area contributed by atoms with E-state index in [2.05, 4.69) is 45.0 Å². The first kappa shape index (κ1) is 15.7. The lowest BCUT2D eigenvalue weighted by Crippen LogP contribution is -2.42. The Morgan fingerprint density at radius 1 is 1.21 bits per heavy atom. The van der Waals surface area contributed by atoms with Crippen LogP contribution in [0.4, 0.5) is 0 Å². The van der Waals surface area contributed by atoms with Gasteiger partial charge in [-0.05, 0) is 29.9 Å². The number of benzene rings is 1. The molecule has 0 heterocycles. The zero-order valence-electron chi connectivity index (χ0n) is 12.5. The molecular formula is C16H26N2O. The summed E-state index contributed by atoms with van der Waals surface area (Å²) < 4.78 is 0. The molecule has 0 radical (unpaired) electrons. The molecule has 3 heteroatoms. The molecule has 1 aromatic carbocycles. The molecule has 1 unspecified atom stereocenters. The molecule has 0 saturated heterocycles. The van der Waals surface area contributed by atoms with E-state index in [1.54, 1.807) is 4.90 Å². The van der Waals surface area contributed by atoms with Crippen molar-refractivity contribution < 1.29 is 4.79 Å². The molecule has 0 saturated carbocycles. The van der Waals surface area contributed by atoms with Gasteiger partial charge in [0.1, 0.15) is 0 Å². The summed E-state index contributed by atoms with van der Waals surface area (Å²) in [6.07, 6.45) is 1.77. The standard InChI is InChI=1S/C16H26N2O/c1-5-13-6-8-14(9-7-13)11-18(4)16(19)15(17)10-12(2)3/h6-9,12,15H,5,10-11,17H2,1-4H3. The van der Waals surface area contributed by atoms with Gasteiger partial charge in [-0.1, -0.05) is 45.0 Å². The first-order valence-electron chi connectivity index (χ1n) is 7.02. The minimum atomic E-state index is -0.389. The Hall–Kier alpha value is -1.35. The number of aryl methyl sites for hydroxylation is 1. The van der Waals surface area contributed by atoms with E-state index in [4.69, 9.17) is 5.73 Å². The summed E-state index contributed by atoms with van der Waals surface area (Å²) in [4.78, 5) is 13.8. The maximum absolute atomic E-state index is 12.1. The predicted molar refractivity (Wildman–Crippen MR) is 79.7 cm³/mol. The predicted octanol–water partition coefficient (Wildman–Crippen LogP) is 2.58. The van der Waals surface area contributed by atoms with Gasteiger partial charge in [-0.3, -0.25) is 4.79 Å². The topological polar surface area (TPSA) is 46.3 Å². The van der Waals surface area contributed by atoms with E-state index in [0.29, 0.717) is 12.5 Å². The van der Waals surface area contributed by atoms with E-state index in [1.165, 1.54) is 5.56 Å². The highest BCUT2D eigenvalue weighted by molar-refractivity contribution is 5.81. The van der Waals surface area contributed by atoms with Crippen LogP contribution in [0, 0.1) is 5.92 Å². The van der Waals surface area contributed by atoms with Crippen molar-refractivity contribution in [2.75, 3.05) is 7.05 Å². The number of nitrogens with two attached hydrogens (primary N) is 1. The third-order valence-electron chi connectivity index (χ3n) is 3.27. The molecule has 19 heavy (non-hydrogen) atoms. The van der Waals surface area contributed by atoms with Gasteiger partial charge in [-0.2, -0.15) is 0 Å². The lowest BCUT2D eigenvalue weighted by molar-refractivity contribution is -0.132. The number of carbonyl (C=O) groups is 1. The summed E-state index contributed by atoms with van der Waals surface area (Å²) in [7, 11) is 1.82. The number of amides is 1. The molecule has 106 valence electrons. The Bertz CT molecular complexity index is 398. The van der Waals surface area contributed by atoms with Gasteiger partial charge in [0.05, 0.1) is 6.04 Å². The minimum Gasteiger partial charge on any atom is -0.340 e. The van der Waals surface area contributed by atoms with Gasteiger partial charge in [0.2, 0.25) is 5.91 Å². The molecule has 3 nitrogen and oxygen atoms in total. The van der Waals surface area contributed by atoms with Gasteiger partial charge in [-0.25, -0.2) is 0 Å². The van der Waals surface area contributed by atoms with Crippen molar-refractivity contribution in [3.05, 3.63) is 35.4 Å². The van der Waals surface area contributed by atoms with E-state index in [9.17, 15) is 4.79 Å². The number of hydrogen-bond donors (Lipinski definition) is 1. The fourth-order valence-corrected chi connectivity index (χ4v) is 2.12. The first-order chi connectivity index (χ1) is 8.93. The fraction of sp³-hybridized carbons (Fsp3) is 0.562. The Morgan fingerprint density at radius 3 is 2.21 bits per heavy atom. The summed E-state index contributed by atoms with van der Waals surface area (Å²) in [6.45, 7) is 6.91. The number of rotatable bonds is 6. The molecule has 0 bridgehead atoms. The van der Waals surface area contributed by atoms with Crippen LogP contribution in [0.5, 0.6) is 0 Å². The average molecular weight is 262 g/mol. The molecule has 1 atom stereocenters. The highest BCUT2D eigenvalue weighted by Gasteiger charge is 2.18. The third-order valence-corrected chi connectivity index (χ3v) is 3.27. The van der Waals surface area contributed by atoms with E-state index in [0.717, 1.165) is 18.4 Å². The van der Waals surface area contributed by atoms with Gasteiger partial charge in [0.15, 0.2) is 0 Å². The Morgan fingerprint density at radius 2 is 1.74 bits per heavy atom. The molecule has 1 aromatic rings. The lowest BCUT2D eigenvalue weighted by atomic mass is 10.0. The second kappa shape index (κ2) is 7.29. The van der Waals surface area contributed by atoms with Crippen LogP contribution in [-0.2, 0) is 17.8 Å². The van der Waals surface area contributed by atoms with Crippen LogP contribution in [0.3, 0.4) is 0 Å². The van der Waals surface area contributed by atoms with Gasteiger partial charge < -0.3 is 10.6 Å². The Balaban J connectivity index is 2.57. The highest BCUT2D eigenvalue weighted by Crippen LogP contribution is 2.10. The third kappa shape index (κ3) is 5.03. The van der Waals surface area contributed by atoms with Crippen LogP contribution >= 0.6 is 0 Å². The number of nitrogens with zero attached hydrogens (tertiary/aromatic N) is 1. The molecule has 1 rings (SSSR count). The highest BCUT2D eigenvalue weighted by atomic mass is 16.2. The molecule has 2 N–H and O–H groups in total. The fourth-order valence-electron chi connectivity index (χ4n) is 2.12. The number of hydrogen-bond acceptors (Lipinski definition) is 2. The Labute approximate surface area is 116 Å². The van der Waals surface area contributed by atoms with Crippen LogP contribution in [0.2, 0.25) is 0 Å². The van der Waals surface area contributed by atoms with Crippen LogP contribution in [-0.4, -0.2) is 23.9 Å². The van der Waals surface area contributed by atoms with Crippen LogP contribution in [0.25, 0.3) is 0 Å². The van der Waals surface area contributed by atoms with Crippen molar-refractivity contribution in [3.8, 4) is 0 Å². The molecule has 0 fully saturated rings. The van der Waals surface area contributed by atoms with Crippen molar-refractivity contribution in [3.63, 3.8) is 0 Å². The second-order valence-corrected chi connectivity index (χ2v) is 5.60. The molecule has 0 aromatic heterocycles. The van der Waals surface area contributed by atoms with E-state index in [1.807, 2.05) is 7.05 Å². The van der Waals surface area contributed by atoms with Crippen molar-refractivity contribution in [1.82, 2.24) is 4.90 Å². The molecule has 0 aliphatic heterocycles. The maximum Gasteiger partial charge on any atom is 0.239 e. The zero-order chi connectivity index (χ0) is 14.4. The van der Waals surface area contributed by atoms with Crippen LogP contribution < -0.4 is 5.73 Å². The normalized spacial score (nSPS) is 12.5. The summed E-state index contributed by atoms with van der Waals surface area (Å²) in [5, 5.41) is 0. The van der Waals surface area contributed by atoms with Crippen molar-refractivity contribution in [2.24, 2.45) is 11.7 Å². The molecule has 0 aliphatic carbocycles. The SMILES string of the molecule is CCc1ccc(CN(C)C(=O)C(N)CC(C)C)cc1. The van der Waals surface area contributed by atoms with Crippen LogP contribution in [0.15, 0.2) is 24.3 Å². The van der Waals surface area contributed by atoms with E-state index >= 15 is 0 Å². The molecule has 0 aliphatic rings. The smallest absolute Gasteiger partial charge is 0.239 e. The Kier molecular flexibility index (Phi) is 6.03. The summed E-state index contributed by atoms with van der Waals surface area (Å²) >= 11 is 0. The molecule has 0 spiro atoms. The monoisotopic (exact) mass is 262 g/mol. The zero-order valence-corrected chi connectivity index (χ0v) is 12.5. The summed E-state index contributed by atoms with van der Waals surface area (Å²) in [6, 6.07) is 8.00. The number of likely N-dealkylation sites (N-methyl/N-ethyl adjacent to an activating group) is 1. The van der Waals surface area contributed by atoms with E-state index < -0.39 is 0 Å². The van der Waals surface area contributed by atoms with Gasteiger partial charge in [0.25, 0.3) is 0 Å². The van der Waals surface area contributed by atoms with Gasteiger partial charge in [0, 0.05) is 13.6 Å².